The molecular weight excluding hydrogens is 644 g/mol. The van der Waals surface area contributed by atoms with Crippen LogP contribution in [0.5, 0.6) is 0 Å². The minimum absolute atomic E-state index is 0.337. The van der Waals surface area contributed by atoms with E-state index in [2.05, 4.69) is 192 Å². The zero-order valence-corrected chi connectivity index (χ0v) is 34.9. The molecule has 0 fully saturated rings. The predicted octanol–water partition coefficient (Wildman–Crippen LogP) is 13.8. The summed E-state index contributed by atoms with van der Waals surface area (Å²) in [4.78, 5) is 0. The average Bonchev–Trinajstić information content (AvgIpc) is 3.92. The van der Waals surface area contributed by atoms with Gasteiger partial charge in [-0.3, -0.25) is 0 Å². The zero-order valence-electron chi connectivity index (χ0n) is 34.0. The Morgan fingerprint density at radius 3 is 0.635 bits per heavy atom. The molecule has 0 amide bonds. The van der Waals surface area contributed by atoms with Crippen molar-refractivity contribution in [3.8, 4) is 0 Å². The van der Waals surface area contributed by atoms with Crippen molar-refractivity contribution in [3.05, 3.63) is 159 Å². The molecule has 0 heterocycles. The van der Waals surface area contributed by atoms with E-state index in [9.17, 15) is 0 Å². The molecule has 3 aliphatic carbocycles. The fourth-order valence-electron chi connectivity index (χ4n) is 8.40. The lowest BCUT2D eigenvalue weighted by molar-refractivity contribution is 0.832. The minimum Gasteiger partial charge on any atom is -0.0732 e. The summed E-state index contributed by atoms with van der Waals surface area (Å²) < 4.78 is 0. The van der Waals surface area contributed by atoms with Crippen LogP contribution in [0.3, 0.4) is 0 Å². The van der Waals surface area contributed by atoms with E-state index in [0.717, 1.165) is 0 Å². The second kappa shape index (κ2) is 15.9. The van der Waals surface area contributed by atoms with E-state index < -0.39 is 7.92 Å². The SMILES string of the molecule is CC(C)c1cc(C2C=CC=C2)cc(C(C)C)c1P(c1c(C(C)C)cc(C2C=CC=C2)cc1C(C)C)c1c(C(C)C)cc(C2C=CC=C2)cc1C(C)C. The minimum atomic E-state index is -0.947. The van der Waals surface area contributed by atoms with Gasteiger partial charge in [-0.2, -0.15) is 0 Å². The second-order valence-electron chi connectivity index (χ2n) is 17.3. The monoisotopic (exact) mass is 706 g/mol. The van der Waals surface area contributed by atoms with Gasteiger partial charge in [0.05, 0.1) is 0 Å². The van der Waals surface area contributed by atoms with Gasteiger partial charge < -0.3 is 0 Å². The summed E-state index contributed by atoms with van der Waals surface area (Å²) >= 11 is 0. The normalized spacial score (nSPS) is 16.2. The first-order valence-electron chi connectivity index (χ1n) is 20.2. The molecule has 0 saturated carbocycles. The van der Waals surface area contributed by atoms with Crippen LogP contribution < -0.4 is 15.9 Å². The van der Waals surface area contributed by atoms with Gasteiger partial charge >= 0.3 is 0 Å². The molecule has 0 bridgehead atoms. The number of benzene rings is 3. The maximum Gasteiger partial charge on any atom is 0.0205 e. The molecule has 0 nitrogen and oxygen atoms in total. The Labute approximate surface area is 318 Å². The Kier molecular flexibility index (Phi) is 11.7. The molecule has 3 aromatic rings. The van der Waals surface area contributed by atoms with E-state index in [-0.39, 0.29) is 0 Å². The topological polar surface area (TPSA) is 0 Å². The van der Waals surface area contributed by atoms with E-state index in [1.165, 1.54) is 50.1 Å². The Hall–Kier alpha value is -3.47. The van der Waals surface area contributed by atoms with E-state index in [1.807, 2.05) is 0 Å². The summed E-state index contributed by atoms with van der Waals surface area (Å²) in [5.41, 5.74) is 13.5. The summed E-state index contributed by atoms with van der Waals surface area (Å²) in [6.07, 6.45) is 27.5. The molecule has 52 heavy (non-hydrogen) atoms. The van der Waals surface area contributed by atoms with E-state index in [0.29, 0.717) is 53.3 Å². The fraction of sp³-hybridized carbons (Fsp3) is 0.412. The Morgan fingerprint density at radius 1 is 0.308 bits per heavy atom. The van der Waals surface area contributed by atoms with Crippen molar-refractivity contribution >= 4 is 23.8 Å². The molecule has 1 heteroatoms. The van der Waals surface area contributed by atoms with Crippen molar-refractivity contribution in [1.29, 1.82) is 0 Å². The zero-order chi connectivity index (χ0) is 37.4. The van der Waals surface area contributed by atoms with E-state index >= 15 is 0 Å². The first kappa shape index (κ1) is 38.3. The van der Waals surface area contributed by atoms with Gasteiger partial charge in [-0.25, -0.2) is 0 Å². The molecule has 0 aliphatic heterocycles. The van der Waals surface area contributed by atoms with Crippen molar-refractivity contribution in [2.45, 2.75) is 136 Å². The summed E-state index contributed by atoms with van der Waals surface area (Å²) in [6.45, 7) is 29.2. The smallest absolute Gasteiger partial charge is 0.0205 e. The maximum absolute atomic E-state index is 2.60. The quantitative estimate of drug-likeness (QED) is 0.165. The Balaban J connectivity index is 1.81. The first-order valence-corrected chi connectivity index (χ1v) is 21.5. The number of hydrogen-bond donors (Lipinski definition) is 0. The maximum atomic E-state index is 2.60. The molecule has 272 valence electrons. The lowest BCUT2D eigenvalue weighted by Crippen LogP contribution is -2.35. The van der Waals surface area contributed by atoms with Gasteiger partial charge in [-0.15, -0.1) is 0 Å². The molecule has 0 aromatic heterocycles. The molecule has 0 unspecified atom stereocenters. The summed E-state index contributed by atoms with van der Waals surface area (Å²) in [5.74, 6) is 3.36. The molecule has 3 aromatic carbocycles. The van der Waals surface area contributed by atoms with Crippen LogP contribution in [0.15, 0.2) is 109 Å². The molecule has 0 N–H and O–H groups in total. The molecule has 0 atom stereocenters. The Bertz CT molecular complexity index is 1610. The van der Waals surface area contributed by atoms with Crippen molar-refractivity contribution < 1.29 is 0 Å². The van der Waals surface area contributed by atoms with Gasteiger partial charge in [0.2, 0.25) is 0 Å². The number of allylic oxidation sites excluding steroid dienone is 12. The predicted molar refractivity (Wildman–Crippen MR) is 233 cm³/mol. The summed E-state index contributed by atoms with van der Waals surface area (Å²) in [7, 11) is -0.947. The standard InChI is InChI=1S/C51H63P/c1-31(2)43-25-40(37-19-13-14-20-37)26-44(32(3)4)49(43)52(50-45(33(5)6)27-41(28-46(50)34(7)8)38-21-15-16-22-38)51-47(35(9)10)29-42(30-48(51)36(11)12)39-23-17-18-24-39/h13-39H,1-12H3. The average molecular weight is 707 g/mol. The van der Waals surface area contributed by atoms with Gasteiger partial charge in [0, 0.05) is 17.8 Å². The van der Waals surface area contributed by atoms with Crippen molar-refractivity contribution in [3.63, 3.8) is 0 Å². The van der Waals surface area contributed by atoms with Crippen LogP contribution >= 0.6 is 7.92 Å². The molecule has 6 rings (SSSR count). The first-order chi connectivity index (χ1) is 24.8. The van der Waals surface area contributed by atoms with Gasteiger partial charge in [0.15, 0.2) is 0 Å². The highest BCUT2D eigenvalue weighted by atomic mass is 31.1. The second-order valence-corrected chi connectivity index (χ2v) is 19.3. The van der Waals surface area contributed by atoms with Crippen LogP contribution in [0.2, 0.25) is 0 Å². The van der Waals surface area contributed by atoms with Crippen LogP contribution in [0.1, 0.15) is 186 Å². The van der Waals surface area contributed by atoms with Crippen LogP contribution in [-0.4, -0.2) is 0 Å². The van der Waals surface area contributed by atoms with Gasteiger partial charge in [-0.05, 0) is 109 Å². The van der Waals surface area contributed by atoms with Crippen molar-refractivity contribution in [2.24, 2.45) is 0 Å². The molecule has 0 spiro atoms. The van der Waals surface area contributed by atoms with E-state index in [1.54, 1.807) is 15.9 Å². The lowest BCUT2D eigenvalue weighted by atomic mass is 9.88. The van der Waals surface area contributed by atoms with Gasteiger partial charge in [-0.1, -0.05) is 192 Å². The van der Waals surface area contributed by atoms with Gasteiger partial charge in [0.25, 0.3) is 0 Å². The van der Waals surface area contributed by atoms with Crippen molar-refractivity contribution in [2.75, 3.05) is 0 Å². The molecule has 3 aliphatic rings. The lowest BCUT2D eigenvalue weighted by Gasteiger charge is -2.37. The third-order valence-corrected chi connectivity index (χ3v) is 14.3. The molecule has 0 radical (unpaired) electrons. The van der Waals surface area contributed by atoms with Crippen LogP contribution in [-0.2, 0) is 0 Å². The largest absolute Gasteiger partial charge is 0.0732 e. The number of rotatable bonds is 12. The Morgan fingerprint density at radius 2 is 0.481 bits per heavy atom. The highest BCUT2D eigenvalue weighted by Crippen LogP contribution is 2.49. The van der Waals surface area contributed by atoms with Crippen LogP contribution in [0.4, 0.5) is 0 Å². The summed E-state index contributed by atoms with van der Waals surface area (Å²) in [6, 6.07) is 15.6. The molecular formula is C51H63P. The van der Waals surface area contributed by atoms with Crippen molar-refractivity contribution in [1.82, 2.24) is 0 Å². The fourth-order valence-corrected chi connectivity index (χ4v) is 12.6. The van der Waals surface area contributed by atoms with Gasteiger partial charge in [0.1, 0.15) is 0 Å². The third kappa shape index (κ3) is 7.48. The van der Waals surface area contributed by atoms with Crippen LogP contribution in [0.25, 0.3) is 0 Å². The summed E-state index contributed by atoms with van der Waals surface area (Å²) in [5, 5.41) is 4.84. The molecule has 0 saturated heterocycles. The highest BCUT2D eigenvalue weighted by molar-refractivity contribution is 7.80. The highest BCUT2D eigenvalue weighted by Gasteiger charge is 2.36. The third-order valence-electron chi connectivity index (χ3n) is 11.4. The van der Waals surface area contributed by atoms with Crippen LogP contribution in [0, 0.1) is 0 Å². The van der Waals surface area contributed by atoms with E-state index in [4.69, 9.17) is 0 Å². The number of hydrogen-bond acceptors (Lipinski definition) is 0.